The summed E-state index contributed by atoms with van der Waals surface area (Å²) in [4.78, 5) is 20.3. The highest BCUT2D eigenvalue weighted by atomic mass is 32.1. The van der Waals surface area contributed by atoms with Gasteiger partial charge in [-0.2, -0.15) is 0 Å². The number of aromatic nitrogens is 2. The van der Waals surface area contributed by atoms with Gasteiger partial charge in [0.15, 0.2) is 0 Å². The summed E-state index contributed by atoms with van der Waals surface area (Å²) in [5, 5.41) is 5.19. The molecule has 3 heterocycles. The number of carbonyl (C=O) groups excluding carboxylic acids is 1. The highest BCUT2D eigenvalue weighted by Gasteiger charge is 2.18. The lowest BCUT2D eigenvalue weighted by Crippen LogP contribution is -2.39. The maximum Gasteiger partial charge on any atom is 0.234 e. The first-order valence-electron chi connectivity index (χ1n) is 8.74. The number of hydrogen-bond acceptors (Lipinski definition) is 4. The minimum Gasteiger partial charge on any atom is -0.355 e. The van der Waals surface area contributed by atoms with Crippen molar-refractivity contribution in [2.45, 2.75) is 25.9 Å². The van der Waals surface area contributed by atoms with Crippen LogP contribution in [-0.4, -0.2) is 40.0 Å². The number of benzene rings is 1. The van der Waals surface area contributed by atoms with Gasteiger partial charge in [0.25, 0.3) is 0 Å². The number of fused-ring (bicyclic) bond motifs is 2. The van der Waals surface area contributed by atoms with Gasteiger partial charge in [0.2, 0.25) is 5.91 Å². The van der Waals surface area contributed by atoms with Crippen molar-refractivity contribution in [3.05, 3.63) is 52.5 Å². The molecule has 25 heavy (non-hydrogen) atoms. The molecule has 1 aliphatic heterocycles. The molecule has 1 aliphatic rings. The maximum atomic E-state index is 12.2. The van der Waals surface area contributed by atoms with E-state index in [1.165, 1.54) is 10.4 Å². The van der Waals surface area contributed by atoms with Gasteiger partial charge in [0.05, 0.1) is 23.9 Å². The monoisotopic (exact) mass is 354 g/mol. The zero-order valence-electron chi connectivity index (χ0n) is 14.1. The first-order chi connectivity index (χ1) is 12.3. The Morgan fingerprint density at radius 2 is 2.20 bits per heavy atom. The molecule has 1 amide bonds. The summed E-state index contributed by atoms with van der Waals surface area (Å²) in [6, 6.07) is 10.3. The van der Waals surface area contributed by atoms with Crippen molar-refractivity contribution >= 4 is 28.3 Å². The Labute approximate surface area is 151 Å². The second-order valence-corrected chi connectivity index (χ2v) is 7.46. The standard InChI is InChI=1S/C19H22N4OS/c24-19(13-22-10-6-18-15(12-22)7-11-25-18)20-8-3-9-23-14-21-16-4-1-2-5-17(16)23/h1-2,4-5,7,11,14H,3,6,8-10,12-13H2,(H,20,24). The fourth-order valence-electron chi connectivity index (χ4n) is 3.37. The second kappa shape index (κ2) is 7.37. The Bertz CT molecular complexity index is 869. The maximum absolute atomic E-state index is 12.2. The summed E-state index contributed by atoms with van der Waals surface area (Å²) in [7, 11) is 0. The lowest BCUT2D eigenvalue weighted by Gasteiger charge is -2.26. The third-order valence-corrected chi connectivity index (χ3v) is 5.70. The predicted molar refractivity (Wildman–Crippen MR) is 101 cm³/mol. The summed E-state index contributed by atoms with van der Waals surface area (Å²) in [5.41, 5.74) is 3.55. The summed E-state index contributed by atoms with van der Waals surface area (Å²) in [6.45, 7) is 3.92. The molecule has 6 heteroatoms. The average Bonchev–Trinajstić information content (AvgIpc) is 3.25. The van der Waals surface area contributed by atoms with Crippen LogP contribution in [-0.2, 0) is 24.3 Å². The number of hydrogen-bond donors (Lipinski definition) is 1. The first-order valence-corrected chi connectivity index (χ1v) is 9.62. The molecule has 0 unspecified atom stereocenters. The van der Waals surface area contributed by atoms with Crippen molar-refractivity contribution in [3.63, 3.8) is 0 Å². The van der Waals surface area contributed by atoms with E-state index in [1.54, 1.807) is 0 Å². The van der Waals surface area contributed by atoms with Crippen LogP contribution in [0.5, 0.6) is 0 Å². The molecular formula is C19H22N4OS. The van der Waals surface area contributed by atoms with Crippen LogP contribution in [0.25, 0.3) is 11.0 Å². The normalized spacial score (nSPS) is 14.6. The van der Waals surface area contributed by atoms with Gasteiger partial charge in [0.1, 0.15) is 0 Å². The van der Waals surface area contributed by atoms with Gasteiger partial charge in [-0.15, -0.1) is 11.3 Å². The summed E-state index contributed by atoms with van der Waals surface area (Å²) in [6.07, 6.45) is 3.84. The number of nitrogens with zero attached hydrogens (tertiary/aromatic N) is 3. The van der Waals surface area contributed by atoms with Gasteiger partial charge in [-0.3, -0.25) is 9.69 Å². The molecule has 1 N–H and O–H groups in total. The Morgan fingerprint density at radius 1 is 1.28 bits per heavy atom. The smallest absolute Gasteiger partial charge is 0.234 e. The molecule has 0 bridgehead atoms. The van der Waals surface area contributed by atoms with E-state index in [1.807, 2.05) is 35.9 Å². The SMILES string of the molecule is O=C(CN1CCc2sccc2C1)NCCCn1cnc2ccccc21. The molecule has 3 aromatic rings. The number of aryl methyl sites for hydroxylation is 1. The van der Waals surface area contributed by atoms with Crippen LogP contribution in [0.3, 0.4) is 0 Å². The second-order valence-electron chi connectivity index (χ2n) is 6.46. The van der Waals surface area contributed by atoms with Crippen LogP contribution in [0.2, 0.25) is 0 Å². The van der Waals surface area contributed by atoms with Crippen molar-refractivity contribution in [1.82, 2.24) is 19.8 Å². The van der Waals surface area contributed by atoms with E-state index in [0.29, 0.717) is 13.1 Å². The summed E-state index contributed by atoms with van der Waals surface area (Å²) in [5.74, 6) is 0.120. The lowest BCUT2D eigenvalue weighted by atomic mass is 10.1. The molecule has 0 spiro atoms. The fraction of sp³-hybridized carbons (Fsp3) is 0.368. The van der Waals surface area contributed by atoms with Gasteiger partial charge in [-0.05, 0) is 42.0 Å². The molecule has 1 aromatic carbocycles. The molecule has 5 nitrogen and oxygen atoms in total. The van der Waals surface area contributed by atoms with E-state index < -0.39 is 0 Å². The summed E-state index contributed by atoms with van der Waals surface area (Å²) < 4.78 is 2.14. The van der Waals surface area contributed by atoms with Gasteiger partial charge < -0.3 is 9.88 Å². The van der Waals surface area contributed by atoms with Crippen LogP contribution < -0.4 is 5.32 Å². The highest BCUT2D eigenvalue weighted by molar-refractivity contribution is 7.10. The highest BCUT2D eigenvalue weighted by Crippen LogP contribution is 2.23. The van der Waals surface area contributed by atoms with Gasteiger partial charge in [-0.1, -0.05) is 12.1 Å². The Hall–Kier alpha value is -2.18. The molecular weight excluding hydrogens is 332 g/mol. The molecule has 130 valence electrons. The van der Waals surface area contributed by atoms with Crippen LogP contribution >= 0.6 is 11.3 Å². The molecule has 0 fully saturated rings. The molecule has 4 rings (SSSR count). The van der Waals surface area contributed by atoms with Gasteiger partial charge in [0, 0.05) is 31.1 Å². The van der Waals surface area contributed by atoms with Crippen LogP contribution in [0.15, 0.2) is 42.0 Å². The Kier molecular flexibility index (Phi) is 4.81. The predicted octanol–water partition coefficient (Wildman–Crippen LogP) is 2.66. The lowest BCUT2D eigenvalue weighted by molar-refractivity contribution is -0.122. The molecule has 0 aliphatic carbocycles. The van der Waals surface area contributed by atoms with E-state index in [4.69, 9.17) is 0 Å². The number of para-hydroxylation sites is 2. The third kappa shape index (κ3) is 3.75. The van der Waals surface area contributed by atoms with E-state index in [2.05, 4.69) is 37.3 Å². The number of nitrogens with one attached hydrogen (secondary N) is 1. The molecule has 2 aromatic heterocycles. The van der Waals surface area contributed by atoms with Crippen LogP contribution in [0.4, 0.5) is 0 Å². The average molecular weight is 354 g/mol. The Morgan fingerprint density at radius 3 is 3.16 bits per heavy atom. The Balaban J connectivity index is 1.21. The van der Waals surface area contributed by atoms with Gasteiger partial charge >= 0.3 is 0 Å². The van der Waals surface area contributed by atoms with Crippen molar-refractivity contribution in [3.8, 4) is 0 Å². The van der Waals surface area contributed by atoms with E-state index in [0.717, 1.165) is 43.5 Å². The summed E-state index contributed by atoms with van der Waals surface area (Å²) >= 11 is 1.83. The zero-order chi connectivity index (χ0) is 17.1. The molecule has 0 saturated heterocycles. The molecule has 0 radical (unpaired) electrons. The third-order valence-electron chi connectivity index (χ3n) is 4.68. The number of carbonyl (C=O) groups is 1. The topological polar surface area (TPSA) is 50.2 Å². The van der Waals surface area contributed by atoms with Crippen molar-refractivity contribution < 1.29 is 4.79 Å². The fourth-order valence-corrected chi connectivity index (χ4v) is 4.26. The number of amides is 1. The first kappa shape index (κ1) is 16.3. The largest absolute Gasteiger partial charge is 0.355 e. The minimum atomic E-state index is 0.120. The number of thiophene rings is 1. The van der Waals surface area contributed by atoms with Crippen molar-refractivity contribution in [2.75, 3.05) is 19.6 Å². The zero-order valence-corrected chi connectivity index (χ0v) is 15.0. The van der Waals surface area contributed by atoms with Crippen LogP contribution in [0.1, 0.15) is 16.9 Å². The minimum absolute atomic E-state index is 0.120. The van der Waals surface area contributed by atoms with E-state index in [9.17, 15) is 4.79 Å². The van der Waals surface area contributed by atoms with E-state index in [-0.39, 0.29) is 5.91 Å². The molecule has 0 saturated carbocycles. The van der Waals surface area contributed by atoms with Crippen LogP contribution in [0, 0.1) is 0 Å². The van der Waals surface area contributed by atoms with Gasteiger partial charge in [-0.25, -0.2) is 4.98 Å². The molecule has 0 atom stereocenters. The quantitative estimate of drug-likeness (QED) is 0.693. The van der Waals surface area contributed by atoms with Crippen molar-refractivity contribution in [1.29, 1.82) is 0 Å². The van der Waals surface area contributed by atoms with Crippen molar-refractivity contribution in [2.24, 2.45) is 0 Å². The number of rotatable bonds is 6. The number of imidazole rings is 1. The van der Waals surface area contributed by atoms with E-state index >= 15 is 0 Å².